The van der Waals surface area contributed by atoms with Gasteiger partial charge in [0.15, 0.2) is 5.76 Å². The number of nitrogens with zero attached hydrogens (tertiary/aromatic N) is 1. The first-order valence-corrected chi connectivity index (χ1v) is 6.59. The highest BCUT2D eigenvalue weighted by Crippen LogP contribution is 2.29. The first-order valence-electron chi connectivity index (χ1n) is 6.59. The number of rotatable bonds is 5. The molecule has 1 saturated carbocycles. The van der Waals surface area contributed by atoms with Crippen LogP contribution in [0.1, 0.15) is 50.5 Å². The van der Waals surface area contributed by atoms with E-state index < -0.39 is 0 Å². The van der Waals surface area contributed by atoms with E-state index in [0.29, 0.717) is 25.2 Å². The molecule has 4 nitrogen and oxygen atoms in total. The van der Waals surface area contributed by atoms with Crippen LogP contribution in [0.3, 0.4) is 0 Å². The topological polar surface area (TPSA) is 61.3 Å². The molecule has 1 aliphatic rings. The zero-order valence-corrected chi connectivity index (χ0v) is 10.5. The van der Waals surface area contributed by atoms with E-state index in [4.69, 9.17) is 15.0 Å². The van der Waals surface area contributed by atoms with E-state index >= 15 is 0 Å². The smallest absolute Gasteiger partial charge is 0.162 e. The largest absolute Gasteiger partial charge is 0.370 e. The zero-order valence-electron chi connectivity index (χ0n) is 10.5. The minimum absolute atomic E-state index is 0.389. The fourth-order valence-corrected chi connectivity index (χ4v) is 2.57. The molecule has 1 aliphatic carbocycles. The van der Waals surface area contributed by atoms with Crippen molar-refractivity contribution in [1.82, 2.24) is 5.16 Å². The quantitative estimate of drug-likeness (QED) is 0.856. The number of hydrogen-bond acceptors (Lipinski definition) is 4. The fraction of sp³-hybridized carbons (Fsp3) is 0.769. The predicted octanol–water partition coefficient (Wildman–Crippen LogP) is 2.62. The Bertz CT molecular complexity index is 338. The van der Waals surface area contributed by atoms with Crippen molar-refractivity contribution in [1.29, 1.82) is 0 Å². The fourth-order valence-electron chi connectivity index (χ4n) is 2.57. The van der Waals surface area contributed by atoms with Gasteiger partial charge in [0.1, 0.15) is 6.61 Å². The minimum Gasteiger partial charge on any atom is -0.370 e. The van der Waals surface area contributed by atoms with Crippen molar-refractivity contribution in [3.05, 3.63) is 17.5 Å². The molecule has 2 rings (SSSR count). The van der Waals surface area contributed by atoms with Gasteiger partial charge in [0.2, 0.25) is 0 Å². The summed E-state index contributed by atoms with van der Waals surface area (Å²) in [6.45, 7) is 3.19. The van der Waals surface area contributed by atoms with Crippen molar-refractivity contribution in [2.75, 3.05) is 0 Å². The van der Waals surface area contributed by atoms with Gasteiger partial charge in [0.05, 0.1) is 11.8 Å². The Labute approximate surface area is 102 Å². The minimum atomic E-state index is 0.389. The van der Waals surface area contributed by atoms with Crippen LogP contribution in [0.4, 0.5) is 0 Å². The molecule has 2 atom stereocenters. The molecule has 4 heteroatoms. The molecule has 1 heterocycles. The molecule has 0 aliphatic heterocycles. The van der Waals surface area contributed by atoms with Crippen molar-refractivity contribution in [3.63, 3.8) is 0 Å². The highest BCUT2D eigenvalue weighted by Gasteiger charge is 2.24. The maximum Gasteiger partial charge on any atom is 0.162 e. The molecular weight excluding hydrogens is 216 g/mol. The van der Waals surface area contributed by atoms with E-state index in [-0.39, 0.29) is 0 Å². The molecule has 1 aromatic rings. The van der Waals surface area contributed by atoms with Crippen molar-refractivity contribution in [3.8, 4) is 0 Å². The molecule has 1 aromatic heterocycles. The summed E-state index contributed by atoms with van der Waals surface area (Å²) in [4.78, 5) is 0. The molecule has 1 fully saturated rings. The SMILES string of the molecule is CCC1CCCCC1OCc1cc(CN)no1. The lowest BCUT2D eigenvalue weighted by molar-refractivity contribution is -0.0298. The Balaban J connectivity index is 1.83. The van der Waals surface area contributed by atoms with E-state index in [9.17, 15) is 0 Å². The highest BCUT2D eigenvalue weighted by atomic mass is 16.5. The van der Waals surface area contributed by atoms with Crippen molar-refractivity contribution >= 4 is 0 Å². The third kappa shape index (κ3) is 3.30. The summed E-state index contributed by atoms with van der Waals surface area (Å²) >= 11 is 0. The van der Waals surface area contributed by atoms with Crippen LogP contribution in [-0.4, -0.2) is 11.3 Å². The summed E-state index contributed by atoms with van der Waals surface area (Å²) in [5, 5.41) is 3.86. The van der Waals surface area contributed by atoms with Crippen LogP contribution in [0.25, 0.3) is 0 Å². The number of nitrogens with two attached hydrogens (primary N) is 1. The maximum atomic E-state index is 5.96. The Kier molecular flexibility index (Phi) is 4.57. The predicted molar refractivity (Wildman–Crippen MR) is 65.2 cm³/mol. The van der Waals surface area contributed by atoms with Gasteiger partial charge in [-0.05, 0) is 18.8 Å². The van der Waals surface area contributed by atoms with Crippen LogP contribution < -0.4 is 5.73 Å². The summed E-state index contributed by atoms with van der Waals surface area (Å²) in [5.41, 5.74) is 6.27. The van der Waals surface area contributed by atoms with E-state index in [0.717, 1.165) is 11.5 Å². The molecule has 0 radical (unpaired) electrons. The molecule has 17 heavy (non-hydrogen) atoms. The van der Waals surface area contributed by atoms with E-state index in [2.05, 4.69) is 12.1 Å². The Hall–Kier alpha value is -0.870. The molecule has 96 valence electrons. The maximum absolute atomic E-state index is 5.96. The van der Waals surface area contributed by atoms with Gasteiger partial charge in [0, 0.05) is 12.6 Å². The average Bonchev–Trinajstić information content (AvgIpc) is 2.84. The second kappa shape index (κ2) is 6.17. The summed E-state index contributed by atoms with van der Waals surface area (Å²) in [6.07, 6.45) is 6.70. The Morgan fingerprint density at radius 2 is 2.29 bits per heavy atom. The summed E-state index contributed by atoms with van der Waals surface area (Å²) in [5.74, 6) is 1.49. The van der Waals surface area contributed by atoms with E-state index in [1.807, 2.05) is 6.07 Å². The normalized spacial score (nSPS) is 25.1. The van der Waals surface area contributed by atoms with Gasteiger partial charge in [0.25, 0.3) is 0 Å². The summed E-state index contributed by atoms with van der Waals surface area (Å²) < 4.78 is 11.1. The van der Waals surface area contributed by atoms with Gasteiger partial charge in [-0.15, -0.1) is 0 Å². The zero-order chi connectivity index (χ0) is 12.1. The van der Waals surface area contributed by atoms with Crippen LogP contribution in [0, 0.1) is 5.92 Å². The molecule has 0 saturated heterocycles. The van der Waals surface area contributed by atoms with Crippen LogP contribution in [-0.2, 0) is 17.9 Å². The Morgan fingerprint density at radius 1 is 1.47 bits per heavy atom. The van der Waals surface area contributed by atoms with Gasteiger partial charge in [-0.2, -0.15) is 0 Å². The molecule has 0 spiro atoms. The monoisotopic (exact) mass is 238 g/mol. The third-order valence-corrected chi connectivity index (χ3v) is 3.62. The summed E-state index contributed by atoms with van der Waals surface area (Å²) in [6, 6.07) is 1.88. The molecular formula is C13H22N2O2. The molecule has 2 N–H and O–H groups in total. The lowest BCUT2D eigenvalue weighted by Crippen LogP contribution is -2.27. The van der Waals surface area contributed by atoms with Crippen LogP contribution >= 0.6 is 0 Å². The molecule has 0 bridgehead atoms. The van der Waals surface area contributed by atoms with Crippen molar-refractivity contribution < 1.29 is 9.26 Å². The van der Waals surface area contributed by atoms with Gasteiger partial charge in [-0.3, -0.25) is 0 Å². The standard InChI is InChI=1S/C13H22N2O2/c1-2-10-5-3-4-6-13(10)16-9-12-7-11(8-14)15-17-12/h7,10,13H,2-6,8-9,14H2,1H3. The lowest BCUT2D eigenvalue weighted by Gasteiger charge is -2.30. The number of hydrogen-bond donors (Lipinski definition) is 1. The second-order valence-electron chi connectivity index (χ2n) is 4.79. The second-order valence-corrected chi connectivity index (χ2v) is 4.79. The van der Waals surface area contributed by atoms with Gasteiger partial charge in [-0.25, -0.2) is 0 Å². The first kappa shape index (κ1) is 12.6. The van der Waals surface area contributed by atoms with E-state index in [1.165, 1.54) is 32.1 Å². The van der Waals surface area contributed by atoms with Gasteiger partial charge < -0.3 is 15.0 Å². The number of ether oxygens (including phenoxy) is 1. The molecule has 0 amide bonds. The summed E-state index contributed by atoms with van der Waals surface area (Å²) in [7, 11) is 0. The van der Waals surface area contributed by atoms with Crippen molar-refractivity contribution in [2.45, 2.75) is 58.3 Å². The van der Waals surface area contributed by atoms with Crippen LogP contribution in [0.15, 0.2) is 10.6 Å². The lowest BCUT2D eigenvalue weighted by atomic mass is 9.85. The van der Waals surface area contributed by atoms with Gasteiger partial charge >= 0.3 is 0 Å². The Morgan fingerprint density at radius 3 is 3.00 bits per heavy atom. The third-order valence-electron chi connectivity index (χ3n) is 3.62. The van der Waals surface area contributed by atoms with Crippen LogP contribution in [0.5, 0.6) is 0 Å². The van der Waals surface area contributed by atoms with E-state index in [1.54, 1.807) is 0 Å². The van der Waals surface area contributed by atoms with Crippen molar-refractivity contribution in [2.24, 2.45) is 11.7 Å². The highest BCUT2D eigenvalue weighted by molar-refractivity contribution is 5.03. The van der Waals surface area contributed by atoms with Crippen LogP contribution in [0.2, 0.25) is 0 Å². The average molecular weight is 238 g/mol. The number of aromatic nitrogens is 1. The van der Waals surface area contributed by atoms with Gasteiger partial charge in [-0.1, -0.05) is 31.3 Å². The molecule has 2 unspecified atom stereocenters. The first-order chi connectivity index (χ1) is 8.33. The molecule has 0 aromatic carbocycles.